The highest BCUT2D eigenvalue weighted by atomic mass is 16.5. The predicted molar refractivity (Wildman–Crippen MR) is 113 cm³/mol. The predicted octanol–water partition coefficient (Wildman–Crippen LogP) is 5.87. The topological polar surface area (TPSA) is 22.1 Å². The van der Waals surface area contributed by atoms with E-state index in [1.807, 2.05) is 30.5 Å². The van der Waals surface area contributed by atoms with E-state index in [0.29, 0.717) is 6.61 Å². The Morgan fingerprint density at radius 3 is 1.86 bits per heavy atom. The molecule has 4 rings (SSSR count). The van der Waals surface area contributed by atoms with Gasteiger partial charge in [-0.2, -0.15) is 0 Å². The summed E-state index contributed by atoms with van der Waals surface area (Å²) >= 11 is 0. The van der Waals surface area contributed by atoms with Gasteiger partial charge in [-0.25, -0.2) is 0 Å². The van der Waals surface area contributed by atoms with Crippen LogP contribution in [0.25, 0.3) is 0 Å². The Morgan fingerprint density at radius 1 is 0.643 bits per heavy atom. The SMILES string of the molecule is c1ccc([C](Cc2ccc(OCc3cccnc3)cc2)c2ccccc2)cc1. The van der Waals surface area contributed by atoms with Gasteiger partial charge in [0, 0.05) is 23.9 Å². The fourth-order valence-electron chi connectivity index (χ4n) is 3.21. The van der Waals surface area contributed by atoms with Crippen LogP contribution in [-0.2, 0) is 13.0 Å². The summed E-state index contributed by atoms with van der Waals surface area (Å²) in [5, 5.41) is 0. The zero-order valence-electron chi connectivity index (χ0n) is 15.7. The number of hydrogen-bond donors (Lipinski definition) is 0. The molecule has 0 saturated heterocycles. The van der Waals surface area contributed by atoms with E-state index >= 15 is 0 Å². The van der Waals surface area contributed by atoms with Gasteiger partial charge in [0.25, 0.3) is 0 Å². The Kier molecular flexibility index (Phi) is 5.79. The maximum atomic E-state index is 5.87. The minimum Gasteiger partial charge on any atom is -0.489 e. The monoisotopic (exact) mass is 364 g/mol. The first-order valence-corrected chi connectivity index (χ1v) is 9.46. The summed E-state index contributed by atoms with van der Waals surface area (Å²) in [6.07, 6.45) is 4.47. The molecule has 2 heteroatoms. The number of benzene rings is 3. The average molecular weight is 364 g/mol. The van der Waals surface area contributed by atoms with Crippen molar-refractivity contribution in [2.45, 2.75) is 13.0 Å². The number of rotatable bonds is 7. The van der Waals surface area contributed by atoms with E-state index in [0.717, 1.165) is 17.7 Å². The van der Waals surface area contributed by atoms with Crippen molar-refractivity contribution < 1.29 is 4.74 Å². The normalized spacial score (nSPS) is 10.8. The van der Waals surface area contributed by atoms with Gasteiger partial charge in [-0.3, -0.25) is 4.98 Å². The van der Waals surface area contributed by atoms with Crippen LogP contribution in [0.5, 0.6) is 5.75 Å². The maximum Gasteiger partial charge on any atom is 0.119 e. The lowest BCUT2D eigenvalue weighted by molar-refractivity contribution is 0.305. The molecular weight excluding hydrogens is 342 g/mol. The first-order chi connectivity index (χ1) is 13.9. The van der Waals surface area contributed by atoms with Crippen molar-refractivity contribution in [1.29, 1.82) is 0 Å². The summed E-state index contributed by atoms with van der Waals surface area (Å²) in [4.78, 5) is 4.12. The molecule has 1 aromatic heterocycles. The molecule has 4 aromatic rings. The molecule has 0 fully saturated rings. The smallest absolute Gasteiger partial charge is 0.119 e. The van der Waals surface area contributed by atoms with Gasteiger partial charge in [-0.1, -0.05) is 78.9 Å². The van der Waals surface area contributed by atoms with E-state index in [1.54, 1.807) is 6.20 Å². The quantitative estimate of drug-likeness (QED) is 0.409. The molecule has 0 aliphatic carbocycles. The van der Waals surface area contributed by atoms with Crippen molar-refractivity contribution in [1.82, 2.24) is 4.98 Å². The minimum absolute atomic E-state index is 0.526. The van der Waals surface area contributed by atoms with Crippen LogP contribution in [0, 0.1) is 5.92 Å². The van der Waals surface area contributed by atoms with Crippen LogP contribution in [0.15, 0.2) is 109 Å². The minimum atomic E-state index is 0.526. The number of nitrogens with zero attached hydrogens (tertiary/aromatic N) is 1. The largest absolute Gasteiger partial charge is 0.489 e. The van der Waals surface area contributed by atoms with Crippen molar-refractivity contribution in [3.8, 4) is 5.75 Å². The van der Waals surface area contributed by atoms with Crippen molar-refractivity contribution in [3.63, 3.8) is 0 Å². The Morgan fingerprint density at radius 2 is 1.29 bits per heavy atom. The molecule has 1 heterocycles. The van der Waals surface area contributed by atoms with Gasteiger partial charge < -0.3 is 4.74 Å². The number of ether oxygens (including phenoxy) is 1. The summed E-state index contributed by atoms with van der Waals surface area (Å²) in [6, 6.07) is 33.5. The second-order valence-electron chi connectivity index (χ2n) is 6.68. The molecule has 2 nitrogen and oxygen atoms in total. The zero-order valence-corrected chi connectivity index (χ0v) is 15.7. The molecule has 1 radical (unpaired) electrons. The van der Waals surface area contributed by atoms with Crippen LogP contribution in [0.3, 0.4) is 0 Å². The molecule has 0 amide bonds. The summed E-state index contributed by atoms with van der Waals surface area (Å²) in [6.45, 7) is 0.526. The molecular formula is C26H22NO. The Hall–Kier alpha value is -3.39. The number of pyridine rings is 1. The summed E-state index contributed by atoms with van der Waals surface area (Å²) in [5.74, 6) is 2.19. The molecule has 3 aromatic carbocycles. The lowest BCUT2D eigenvalue weighted by Gasteiger charge is -2.18. The van der Waals surface area contributed by atoms with Gasteiger partial charge in [-0.15, -0.1) is 0 Å². The molecule has 0 aliphatic heterocycles. The van der Waals surface area contributed by atoms with E-state index < -0.39 is 0 Å². The van der Waals surface area contributed by atoms with Crippen molar-refractivity contribution in [2.75, 3.05) is 0 Å². The Labute approximate surface area is 166 Å². The van der Waals surface area contributed by atoms with E-state index in [1.165, 1.54) is 22.6 Å². The zero-order chi connectivity index (χ0) is 19.0. The molecule has 0 bridgehead atoms. The summed E-state index contributed by atoms with van der Waals surface area (Å²) in [7, 11) is 0. The Balaban J connectivity index is 1.48. The van der Waals surface area contributed by atoms with Crippen LogP contribution < -0.4 is 4.74 Å². The molecule has 28 heavy (non-hydrogen) atoms. The highest BCUT2D eigenvalue weighted by Gasteiger charge is 2.15. The highest BCUT2D eigenvalue weighted by Crippen LogP contribution is 2.28. The molecule has 0 atom stereocenters. The number of hydrogen-bond acceptors (Lipinski definition) is 2. The van der Waals surface area contributed by atoms with Crippen LogP contribution in [0.4, 0.5) is 0 Å². The van der Waals surface area contributed by atoms with Crippen molar-refractivity contribution >= 4 is 0 Å². The summed E-state index contributed by atoms with van der Waals surface area (Å²) in [5.41, 5.74) is 4.84. The Bertz CT molecular complexity index is 928. The average Bonchev–Trinajstić information content (AvgIpc) is 2.79. The van der Waals surface area contributed by atoms with Crippen LogP contribution in [0.2, 0.25) is 0 Å². The van der Waals surface area contributed by atoms with E-state index in [2.05, 4.69) is 77.8 Å². The molecule has 0 unspecified atom stereocenters. The van der Waals surface area contributed by atoms with Crippen molar-refractivity contribution in [3.05, 3.63) is 138 Å². The fraction of sp³-hybridized carbons (Fsp3) is 0.0769. The lowest BCUT2D eigenvalue weighted by Crippen LogP contribution is -2.06. The van der Waals surface area contributed by atoms with Gasteiger partial charge in [0.2, 0.25) is 0 Å². The van der Waals surface area contributed by atoms with Gasteiger partial charge in [0.1, 0.15) is 12.4 Å². The molecule has 0 spiro atoms. The standard InChI is InChI=1S/C26H22NO/c1-3-9-23(10-4-1)26(24-11-5-2-6-12-24)18-21-13-15-25(16-14-21)28-20-22-8-7-17-27-19-22/h1-17,19H,18,20H2. The molecule has 137 valence electrons. The first kappa shape index (κ1) is 18.0. The van der Waals surface area contributed by atoms with Crippen LogP contribution in [0.1, 0.15) is 22.3 Å². The molecule has 0 aliphatic rings. The fourth-order valence-corrected chi connectivity index (χ4v) is 3.21. The molecule has 0 saturated carbocycles. The first-order valence-electron chi connectivity index (χ1n) is 9.46. The van der Waals surface area contributed by atoms with Gasteiger partial charge in [0.05, 0.1) is 0 Å². The third-order valence-corrected chi connectivity index (χ3v) is 4.68. The number of aromatic nitrogens is 1. The van der Waals surface area contributed by atoms with Gasteiger partial charge in [-0.05, 0) is 41.3 Å². The second-order valence-corrected chi connectivity index (χ2v) is 6.68. The second kappa shape index (κ2) is 9.01. The van der Waals surface area contributed by atoms with E-state index in [9.17, 15) is 0 Å². The lowest BCUT2D eigenvalue weighted by atomic mass is 9.86. The van der Waals surface area contributed by atoms with Gasteiger partial charge in [0.15, 0.2) is 0 Å². The summed E-state index contributed by atoms with van der Waals surface area (Å²) < 4.78 is 5.87. The third kappa shape index (κ3) is 4.66. The van der Waals surface area contributed by atoms with E-state index in [-0.39, 0.29) is 0 Å². The van der Waals surface area contributed by atoms with Crippen molar-refractivity contribution in [2.24, 2.45) is 0 Å². The van der Waals surface area contributed by atoms with E-state index in [4.69, 9.17) is 4.74 Å². The van der Waals surface area contributed by atoms with Gasteiger partial charge >= 0.3 is 0 Å². The third-order valence-electron chi connectivity index (χ3n) is 4.68. The maximum absolute atomic E-state index is 5.87. The van der Waals surface area contributed by atoms with Crippen LogP contribution >= 0.6 is 0 Å². The highest BCUT2D eigenvalue weighted by molar-refractivity contribution is 5.48. The molecule has 0 N–H and O–H groups in total. The van der Waals surface area contributed by atoms with Crippen LogP contribution in [-0.4, -0.2) is 4.98 Å².